The number of hydrogen-bond donors (Lipinski definition) is 0. The third-order valence-corrected chi connectivity index (χ3v) is 3.07. The van der Waals surface area contributed by atoms with Crippen molar-refractivity contribution in [2.24, 2.45) is 0 Å². The molecule has 1 aromatic rings. The van der Waals surface area contributed by atoms with Crippen LogP contribution in [0.15, 0.2) is 24.3 Å². The van der Waals surface area contributed by atoms with Crippen LogP contribution in [0.4, 0.5) is 0 Å². The summed E-state index contributed by atoms with van der Waals surface area (Å²) in [4.78, 5) is 12.1. The second kappa shape index (κ2) is 5.11. The standard InChI is InChI=1S/C14H15NO2/c1-10-4-6-11(7-5-10)12(9-15)14(16)13-3-2-8-17-13/h4-7,12-13H,2-3,8H2,1H3. The molecule has 1 aliphatic heterocycles. The van der Waals surface area contributed by atoms with Gasteiger partial charge in [-0.1, -0.05) is 29.8 Å². The van der Waals surface area contributed by atoms with Crippen LogP contribution in [0.1, 0.15) is 29.9 Å². The second-order valence-corrected chi connectivity index (χ2v) is 4.38. The summed E-state index contributed by atoms with van der Waals surface area (Å²) < 4.78 is 5.34. The predicted octanol–water partition coefficient (Wildman–Crippen LogP) is 2.35. The molecule has 2 atom stereocenters. The van der Waals surface area contributed by atoms with Crippen molar-refractivity contribution in [3.8, 4) is 6.07 Å². The zero-order valence-electron chi connectivity index (χ0n) is 9.85. The van der Waals surface area contributed by atoms with Gasteiger partial charge < -0.3 is 4.74 Å². The summed E-state index contributed by atoms with van der Waals surface area (Å²) in [6, 6.07) is 9.61. The minimum Gasteiger partial charge on any atom is -0.370 e. The van der Waals surface area contributed by atoms with Crippen LogP contribution in [0.25, 0.3) is 0 Å². The number of hydrogen-bond acceptors (Lipinski definition) is 3. The van der Waals surface area contributed by atoms with Crippen molar-refractivity contribution in [3.05, 3.63) is 35.4 Å². The maximum atomic E-state index is 12.1. The Morgan fingerprint density at radius 1 is 1.47 bits per heavy atom. The Labute approximate surface area is 101 Å². The van der Waals surface area contributed by atoms with Crippen LogP contribution < -0.4 is 0 Å². The highest BCUT2D eigenvalue weighted by molar-refractivity contribution is 5.92. The number of rotatable bonds is 3. The smallest absolute Gasteiger partial charge is 0.183 e. The molecular formula is C14H15NO2. The number of benzene rings is 1. The molecule has 0 N–H and O–H groups in total. The van der Waals surface area contributed by atoms with Gasteiger partial charge in [0, 0.05) is 6.61 Å². The maximum Gasteiger partial charge on any atom is 0.183 e. The number of carbonyl (C=O) groups excluding carboxylic acids is 1. The Hall–Kier alpha value is -1.66. The van der Waals surface area contributed by atoms with Gasteiger partial charge in [0.2, 0.25) is 0 Å². The monoisotopic (exact) mass is 229 g/mol. The van der Waals surface area contributed by atoms with E-state index >= 15 is 0 Å². The van der Waals surface area contributed by atoms with Gasteiger partial charge in [0.15, 0.2) is 5.78 Å². The van der Waals surface area contributed by atoms with Crippen LogP contribution in [0, 0.1) is 18.3 Å². The van der Waals surface area contributed by atoms with Gasteiger partial charge in [-0.2, -0.15) is 5.26 Å². The van der Waals surface area contributed by atoms with E-state index in [1.165, 1.54) is 0 Å². The quantitative estimate of drug-likeness (QED) is 0.799. The van der Waals surface area contributed by atoms with Crippen molar-refractivity contribution in [1.82, 2.24) is 0 Å². The molecule has 0 saturated carbocycles. The number of carbonyl (C=O) groups is 1. The average molecular weight is 229 g/mol. The summed E-state index contributed by atoms with van der Waals surface area (Å²) in [5, 5.41) is 9.15. The topological polar surface area (TPSA) is 50.1 Å². The lowest BCUT2D eigenvalue weighted by molar-refractivity contribution is -0.128. The number of aryl methyl sites for hydroxylation is 1. The Morgan fingerprint density at radius 3 is 2.71 bits per heavy atom. The van der Waals surface area contributed by atoms with Crippen molar-refractivity contribution in [2.45, 2.75) is 31.8 Å². The van der Waals surface area contributed by atoms with Gasteiger partial charge in [0.05, 0.1) is 6.07 Å². The number of ketones is 1. The van der Waals surface area contributed by atoms with E-state index in [2.05, 4.69) is 6.07 Å². The van der Waals surface area contributed by atoms with Crippen LogP contribution in [-0.2, 0) is 9.53 Å². The maximum absolute atomic E-state index is 12.1. The summed E-state index contributed by atoms with van der Waals surface area (Å²) >= 11 is 0. The normalized spacial score (nSPS) is 20.8. The Kier molecular flexibility index (Phi) is 3.55. The first kappa shape index (κ1) is 11.8. The van der Waals surface area contributed by atoms with Crippen LogP contribution in [0.2, 0.25) is 0 Å². The Balaban J connectivity index is 2.18. The first-order chi connectivity index (χ1) is 8.22. The van der Waals surface area contributed by atoms with Gasteiger partial charge in [-0.05, 0) is 25.3 Å². The fourth-order valence-electron chi connectivity index (χ4n) is 2.05. The largest absolute Gasteiger partial charge is 0.370 e. The zero-order valence-corrected chi connectivity index (χ0v) is 9.85. The number of nitrogens with zero attached hydrogens (tertiary/aromatic N) is 1. The lowest BCUT2D eigenvalue weighted by atomic mass is 9.91. The SMILES string of the molecule is Cc1ccc(C(C#N)C(=O)C2CCCO2)cc1. The fraction of sp³-hybridized carbons (Fsp3) is 0.429. The van der Waals surface area contributed by atoms with Crippen molar-refractivity contribution in [2.75, 3.05) is 6.61 Å². The van der Waals surface area contributed by atoms with Crippen molar-refractivity contribution < 1.29 is 9.53 Å². The van der Waals surface area contributed by atoms with Crippen molar-refractivity contribution >= 4 is 5.78 Å². The molecule has 0 spiro atoms. The van der Waals surface area contributed by atoms with Gasteiger partial charge in [0.1, 0.15) is 12.0 Å². The molecule has 0 aromatic heterocycles. The first-order valence-corrected chi connectivity index (χ1v) is 5.84. The van der Waals surface area contributed by atoms with E-state index in [1.54, 1.807) is 0 Å². The summed E-state index contributed by atoms with van der Waals surface area (Å²) in [7, 11) is 0. The van der Waals surface area contributed by atoms with Crippen LogP contribution in [-0.4, -0.2) is 18.5 Å². The van der Waals surface area contributed by atoms with Crippen LogP contribution in [0.5, 0.6) is 0 Å². The molecule has 88 valence electrons. The van der Waals surface area contributed by atoms with Crippen LogP contribution in [0.3, 0.4) is 0 Å². The molecule has 1 fully saturated rings. The molecule has 1 aliphatic rings. The number of nitriles is 1. The number of Topliss-reactive ketones (excluding diaryl/α,β-unsaturated/α-hetero) is 1. The molecule has 0 radical (unpaired) electrons. The molecule has 0 bridgehead atoms. The van der Waals surface area contributed by atoms with Gasteiger partial charge in [-0.15, -0.1) is 0 Å². The molecule has 0 aliphatic carbocycles. The molecule has 17 heavy (non-hydrogen) atoms. The third kappa shape index (κ3) is 2.54. The Morgan fingerprint density at radius 2 is 2.18 bits per heavy atom. The molecule has 2 unspecified atom stereocenters. The number of ether oxygens (including phenoxy) is 1. The van der Waals surface area contributed by atoms with Gasteiger partial charge in [-0.3, -0.25) is 4.79 Å². The highest BCUT2D eigenvalue weighted by Gasteiger charge is 2.31. The molecule has 3 nitrogen and oxygen atoms in total. The Bertz CT molecular complexity index is 438. The fourth-order valence-corrected chi connectivity index (χ4v) is 2.05. The van der Waals surface area contributed by atoms with Crippen molar-refractivity contribution in [1.29, 1.82) is 5.26 Å². The average Bonchev–Trinajstić information content (AvgIpc) is 2.86. The van der Waals surface area contributed by atoms with E-state index in [4.69, 9.17) is 10.00 Å². The summed E-state index contributed by atoms with van der Waals surface area (Å²) in [6.45, 7) is 2.61. The van der Waals surface area contributed by atoms with Crippen molar-refractivity contribution in [3.63, 3.8) is 0 Å². The highest BCUT2D eigenvalue weighted by Crippen LogP contribution is 2.23. The van der Waals surface area contributed by atoms with E-state index < -0.39 is 5.92 Å². The summed E-state index contributed by atoms with van der Waals surface area (Å²) in [5.74, 6) is -0.799. The van der Waals surface area contributed by atoms with E-state index in [9.17, 15) is 4.79 Å². The van der Waals surface area contributed by atoms with E-state index in [0.717, 1.165) is 24.0 Å². The van der Waals surface area contributed by atoms with E-state index in [0.29, 0.717) is 6.61 Å². The molecule has 1 saturated heterocycles. The first-order valence-electron chi connectivity index (χ1n) is 5.84. The minimum absolute atomic E-state index is 0.103. The molecular weight excluding hydrogens is 214 g/mol. The highest BCUT2D eigenvalue weighted by atomic mass is 16.5. The zero-order chi connectivity index (χ0) is 12.3. The lowest BCUT2D eigenvalue weighted by Gasteiger charge is -2.13. The van der Waals surface area contributed by atoms with Gasteiger partial charge in [0.25, 0.3) is 0 Å². The molecule has 2 rings (SSSR count). The molecule has 0 amide bonds. The summed E-state index contributed by atoms with van der Waals surface area (Å²) in [6.07, 6.45) is 1.26. The van der Waals surface area contributed by atoms with Crippen LogP contribution >= 0.6 is 0 Å². The third-order valence-electron chi connectivity index (χ3n) is 3.07. The molecule has 3 heteroatoms. The minimum atomic E-state index is -0.696. The molecule has 1 aromatic carbocycles. The second-order valence-electron chi connectivity index (χ2n) is 4.38. The predicted molar refractivity (Wildman–Crippen MR) is 63.5 cm³/mol. The van der Waals surface area contributed by atoms with Gasteiger partial charge in [-0.25, -0.2) is 0 Å². The van der Waals surface area contributed by atoms with E-state index in [1.807, 2.05) is 31.2 Å². The lowest BCUT2D eigenvalue weighted by Crippen LogP contribution is -2.25. The van der Waals surface area contributed by atoms with Gasteiger partial charge >= 0.3 is 0 Å². The molecule has 1 heterocycles. The van der Waals surface area contributed by atoms with E-state index in [-0.39, 0.29) is 11.9 Å². The summed E-state index contributed by atoms with van der Waals surface area (Å²) in [5.41, 5.74) is 1.88.